The van der Waals surface area contributed by atoms with Crippen LogP contribution in [-0.2, 0) is 5.88 Å². The Hall–Kier alpha value is -0.160. The highest BCUT2D eigenvalue weighted by molar-refractivity contribution is 14.1. The molecule has 0 radical (unpaired) electrons. The van der Waals surface area contributed by atoms with Crippen LogP contribution in [-0.4, -0.2) is 14.2 Å². The van der Waals surface area contributed by atoms with Crippen LogP contribution in [0, 0.1) is 3.57 Å². The van der Waals surface area contributed by atoms with Crippen LogP contribution in [0.25, 0.3) is 0 Å². The van der Waals surface area contributed by atoms with Crippen molar-refractivity contribution < 1.29 is 9.47 Å². The third kappa shape index (κ3) is 2.20. The molecule has 0 unspecified atom stereocenters. The monoisotopic (exact) mass is 312 g/mol. The van der Waals surface area contributed by atoms with Crippen LogP contribution in [0.2, 0.25) is 0 Å². The Bertz CT molecular complexity index is 302. The molecule has 0 bridgehead atoms. The van der Waals surface area contributed by atoms with E-state index in [2.05, 4.69) is 22.6 Å². The van der Waals surface area contributed by atoms with Gasteiger partial charge in [-0.25, -0.2) is 0 Å². The van der Waals surface area contributed by atoms with Crippen molar-refractivity contribution in [1.29, 1.82) is 0 Å². The molecule has 1 rings (SSSR count). The lowest BCUT2D eigenvalue weighted by Crippen LogP contribution is -1.95. The van der Waals surface area contributed by atoms with Gasteiger partial charge in [-0.3, -0.25) is 0 Å². The summed E-state index contributed by atoms with van der Waals surface area (Å²) in [6, 6.07) is 3.80. The normalized spacial score (nSPS) is 9.85. The van der Waals surface area contributed by atoms with E-state index in [1.165, 1.54) is 0 Å². The van der Waals surface area contributed by atoms with Gasteiger partial charge in [0.1, 0.15) is 11.5 Å². The fourth-order valence-electron chi connectivity index (χ4n) is 1.06. The molecule has 0 aliphatic rings. The summed E-state index contributed by atoms with van der Waals surface area (Å²) < 4.78 is 11.4. The van der Waals surface area contributed by atoms with Crippen molar-refractivity contribution in [2.24, 2.45) is 0 Å². The Morgan fingerprint density at radius 1 is 1.31 bits per heavy atom. The van der Waals surface area contributed by atoms with E-state index in [1.54, 1.807) is 14.2 Å². The third-order valence-corrected chi connectivity index (χ3v) is 3.02. The number of hydrogen-bond donors (Lipinski definition) is 0. The third-order valence-electron chi connectivity index (χ3n) is 1.71. The molecule has 4 heteroatoms. The predicted octanol–water partition coefficient (Wildman–Crippen LogP) is 3.05. The molecule has 0 saturated carbocycles. The second-order valence-electron chi connectivity index (χ2n) is 2.41. The lowest BCUT2D eigenvalue weighted by Gasteiger charge is -2.11. The number of hydrogen-bond acceptors (Lipinski definition) is 2. The standard InChI is InChI=1S/C9H10ClIO2/c1-12-7-4-3-6(5-10)9(13-2)8(7)11/h3-4H,5H2,1-2H3. The molecule has 1 aromatic rings. The van der Waals surface area contributed by atoms with Crippen molar-refractivity contribution in [3.05, 3.63) is 21.3 Å². The number of methoxy groups -OCH3 is 2. The van der Waals surface area contributed by atoms with Crippen LogP contribution in [0.5, 0.6) is 11.5 Å². The number of benzene rings is 1. The average Bonchev–Trinajstić information content (AvgIpc) is 2.17. The molecule has 13 heavy (non-hydrogen) atoms. The van der Waals surface area contributed by atoms with Crippen molar-refractivity contribution in [3.63, 3.8) is 0 Å². The number of ether oxygens (including phenoxy) is 2. The zero-order chi connectivity index (χ0) is 9.84. The Labute approximate surface area is 96.3 Å². The summed E-state index contributed by atoms with van der Waals surface area (Å²) >= 11 is 7.94. The second kappa shape index (κ2) is 4.91. The van der Waals surface area contributed by atoms with Gasteiger partial charge in [-0.1, -0.05) is 6.07 Å². The van der Waals surface area contributed by atoms with E-state index in [4.69, 9.17) is 21.1 Å². The summed E-state index contributed by atoms with van der Waals surface area (Å²) in [5, 5.41) is 0. The summed E-state index contributed by atoms with van der Waals surface area (Å²) in [7, 11) is 3.27. The van der Waals surface area contributed by atoms with E-state index in [-0.39, 0.29) is 0 Å². The van der Waals surface area contributed by atoms with E-state index in [1.807, 2.05) is 12.1 Å². The SMILES string of the molecule is COc1ccc(CCl)c(OC)c1I. The summed E-state index contributed by atoms with van der Waals surface area (Å²) in [4.78, 5) is 0. The molecule has 0 N–H and O–H groups in total. The lowest BCUT2D eigenvalue weighted by molar-refractivity contribution is 0.386. The Morgan fingerprint density at radius 2 is 2.00 bits per heavy atom. The molecule has 0 atom stereocenters. The van der Waals surface area contributed by atoms with Crippen LogP contribution in [0.4, 0.5) is 0 Å². The van der Waals surface area contributed by atoms with Crippen molar-refractivity contribution in [3.8, 4) is 11.5 Å². The topological polar surface area (TPSA) is 18.5 Å². The highest BCUT2D eigenvalue weighted by atomic mass is 127. The molecule has 0 saturated heterocycles. The first-order chi connectivity index (χ1) is 6.24. The van der Waals surface area contributed by atoms with Gasteiger partial charge in [0.05, 0.1) is 23.7 Å². The highest BCUT2D eigenvalue weighted by Gasteiger charge is 2.11. The predicted molar refractivity (Wildman–Crippen MR) is 61.8 cm³/mol. The van der Waals surface area contributed by atoms with E-state index < -0.39 is 0 Å². The van der Waals surface area contributed by atoms with Crippen molar-refractivity contribution in [2.75, 3.05) is 14.2 Å². The van der Waals surface area contributed by atoms with E-state index >= 15 is 0 Å². The fourth-order valence-corrected chi connectivity index (χ4v) is 2.24. The first-order valence-corrected chi connectivity index (χ1v) is 5.31. The molecule has 2 nitrogen and oxygen atoms in total. The molecule has 0 fully saturated rings. The van der Waals surface area contributed by atoms with Gasteiger partial charge in [0.15, 0.2) is 0 Å². The van der Waals surface area contributed by atoms with Gasteiger partial charge >= 0.3 is 0 Å². The Kier molecular flexibility index (Phi) is 4.12. The zero-order valence-electron chi connectivity index (χ0n) is 7.43. The zero-order valence-corrected chi connectivity index (χ0v) is 10.3. The minimum atomic E-state index is 0.448. The molecular formula is C9H10ClIO2. The Balaban J connectivity index is 3.23. The van der Waals surface area contributed by atoms with Gasteiger partial charge in [0, 0.05) is 5.56 Å². The maximum atomic E-state index is 5.75. The summed E-state index contributed by atoms with van der Waals surface area (Å²) in [5.74, 6) is 2.06. The van der Waals surface area contributed by atoms with Crippen LogP contribution >= 0.6 is 34.2 Å². The average molecular weight is 313 g/mol. The first-order valence-electron chi connectivity index (χ1n) is 3.70. The highest BCUT2D eigenvalue weighted by Crippen LogP contribution is 2.33. The van der Waals surface area contributed by atoms with Gasteiger partial charge in [-0.15, -0.1) is 11.6 Å². The van der Waals surface area contributed by atoms with E-state index in [9.17, 15) is 0 Å². The number of halogens is 2. The maximum Gasteiger partial charge on any atom is 0.140 e. The Morgan fingerprint density at radius 3 is 2.46 bits per heavy atom. The summed E-state index contributed by atoms with van der Waals surface area (Å²) in [6.45, 7) is 0. The molecule has 0 spiro atoms. The van der Waals surface area contributed by atoms with Crippen LogP contribution in [0.15, 0.2) is 12.1 Å². The molecule has 0 aromatic heterocycles. The number of rotatable bonds is 3. The summed E-state index contributed by atoms with van der Waals surface area (Å²) in [6.07, 6.45) is 0. The van der Waals surface area contributed by atoms with Gasteiger partial charge in [-0.2, -0.15) is 0 Å². The molecule has 0 aliphatic heterocycles. The molecule has 0 amide bonds. The van der Waals surface area contributed by atoms with Crippen molar-refractivity contribution in [1.82, 2.24) is 0 Å². The molecule has 0 heterocycles. The van der Waals surface area contributed by atoms with Gasteiger partial charge in [0.2, 0.25) is 0 Å². The van der Waals surface area contributed by atoms with Crippen molar-refractivity contribution in [2.45, 2.75) is 5.88 Å². The van der Waals surface area contributed by atoms with E-state index in [0.29, 0.717) is 5.88 Å². The smallest absolute Gasteiger partial charge is 0.140 e. The van der Waals surface area contributed by atoms with Crippen LogP contribution < -0.4 is 9.47 Å². The molecule has 72 valence electrons. The summed E-state index contributed by atoms with van der Waals surface area (Å²) in [5.41, 5.74) is 0.981. The molecular weight excluding hydrogens is 302 g/mol. The largest absolute Gasteiger partial charge is 0.496 e. The maximum absolute atomic E-state index is 5.75. The second-order valence-corrected chi connectivity index (χ2v) is 3.75. The first kappa shape index (κ1) is 10.9. The number of alkyl halides is 1. The van der Waals surface area contributed by atoms with Crippen molar-refractivity contribution >= 4 is 34.2 Å². The molecule has 0 aliphatic carbocycles. The van der Waals surface area contributed by atoms with Gasteiger partial charge in [0.25, 0.3) is 0 Å². The lowest BCUT2D eigenvalue weighted by atomic mass is 10.2. The van der Waals surface area contributed by atoms with E-state index in [0.717, 1.165) is 20.6 Å². The molecule has 1 aromatic carbocycles. The minimum absolute atomic E-state index is 0.448. The fraction of sp³-hybridized carbons (Fsp3) is 0.333. The van der Waals surface area contributed by atoms with Gasteiger partial charge < -0.3 is 9.47 Å². The van der Waals surface area contributed by atoms with Crippen LogP contribution in [0.1, 0.15) is 5.56 Å². The van der Waals surface area contributed by atoms with Crippen LogP contribution in [0.3, 0.4) is 0 Å². The minimum Gasteiger partial charge on any atom is -0.496 e. The van der Waals surface area contributed by atoms with Gasteiger partial charge in [-0.05, 0) is 28.7 Å². The quantitative estimate of drug-likeness (QED) is 0.631.